The fraction of sp³-hybridized carbons (Fsp3) is 0.467. The molecule has 8 heteroatoms. The highest BCUT2D eigenvalue weighted by atomic mass is 16.6. The van der Waals surface area contributed by atoms with Gasteiger partial charge in [0.1, 0.15) is 31.5 Å². The van der Waals surface area contributed by atoms with E-state index in [4.69, 9.17) is 9.84 Å². The van der Waals surface area contributed by atoms with Crippen LogP contribution in [0.4, 0.5) is 4.79 Å². The first kappa shape index (κ1) is 19.0. The Balaban J connectivity index is 2.46. The fourth-order valence-corrected chi connectivity index (χ4v) is 1.79. The van der Waals surface area contributed by atoms with Crippen LogP contribution in [0, 0.1) is 0 Å². The molecule has 4 N–H and O–H groups in total. The van der Waals surface area contributed by atoms with Gasteiger partial charge in [-0.3, -0.25) is 4.79 Å². The summed E-state index contributed by atoms with van der Waals surface area (Å²) in [5.41, 5.74) is 0.791. The molecule has 1 amide bonds. The molecule has 0 radical (unpaired) electrons. The van der Waals surface area contributed by atoms with Gasteiger partial charge in [0.05, 0.1) is 6.54 Å². The standard InChI is InChI=1S/C15H21NO7/c1-16(7-11(18)13(20)14(21)12(19)8-17)15(22)23-9-10-5-3-2-4-6-10/h2-6,11,13-14,17-18,20-21H,7-9H2,1H3/t11-,13+,14+/m0/s1. The number of ketones is 1. The molecule has 0 aromatic heterocycles. The molecule has 0 aliphatic carbocycles. The molecular weight excluding hydrogens is 306 g/mol. The van der Waals surface area contributed by atoms with Gasteiger partial charge in [0.15, 0.2) is 5.78 Å². The largest absolute Gasteiger partial charge is 0.445 e. The van der Waals surface area contributed by atoms with Gasteiger partial charge in [-0.05, 0) is 5.56 Å². The van der Waals surface area contributed by atoms with Gasteiger partial charge in [-0.2, -0.15) is 0 Å². The molecular formula is C15H21NO7. The van der Waals surface area contributed by atoms with Crippen LogP contribution in [-0.4, -0.2) is 75.7 Å². The summed E-state index contributed by atoms with van der Waals surface area (Å²) >= 11 is 0. The molecule has 3 atom stereocenters. The van der Waals surface area contributed by atoms with Gasteiger partial charge in [-0.1, -0.05) is 30.3 Å². The molecule has 0 saturated heterocycles. The van der Waals surface area contributed by atoms with Gasteiger partial charge < -0.3 is 30.1 Å². The van der Waals surface area contributed by atoms with E-state index in [9.17, 15) is 24.9 Å². The third-order valence-corrected chi connectivity index (χ3v) is 3.18. The molecule has 0 unspecified atom stereocenters. The molecule has 0 heterocycles. The highest BCUT2D eigenvalue weighted by Crippen LogP contribution is 2.06. The topological polar surface area (TPSA) is 128 Å². The van der Waals surface area contributed by atoms with Crippen molar-refractivity contribution in [2.45, 2.75) is 24.9 Å². The number of ether oxygens (including phenoxy) is 1. The molecule has 23 heavy (non-hydrogen) atoms. The minimum Gasteiger partial charge on any atom is -0.445 e. The highest BCUT2D eigenvalue weighted by Gasteiger charge is 2.31. The van der Waals surface area contributed by atoms with Crippen LogP contribution in [0.3, 0.4) is 0 Å². The summed E-state index contributed by atoms with van der Waals surface area (Å²) in [4.78, 5) is 23.8. The van der Waals surface area contributed by atoms with Crippen molar-refractivity contribution in [3.05, 3.63) is 35.9 Å². The Labute approximate surface area is 133 Å². The van der Waals surface area contributed by atoms with Crippen LogP contribution in [0.25, 0.3) is 0 Å². The number of benzene rings is 1. The van der Waals surface area contributed by atoms with Gasteiger partial charge in [0.2, 0.25) is 0 Å². The van der Waals surface area contributed by atoms with E-state index in [-0.39, 0.29) is 13.2 Å². The lowest BCUT2D eigenvalue weighted by Crippen LogP contribution is -2.48. The minimum absolute atomic E-state index is 0.0499. The number of hydrogen-bond acceptors (Lipinski definition) is 7. The average molecular weight is 327 g/mol. The maximum absolute atomic E-state index is 11.8. The summed E-state index contributed by atoms with van der Waals surface area (Å²) in [5.74, 6) is -1.02. The maximum Gasteiger partial charge on any atom is 0.409 e. The summed E-state index contributed by atoms with van der Waals surface area (Å²) < 4.78 is 5.02. The first-order valence-corrected chi connectivity index (χ1v) is 6.96. The number of likely N-dealkylation sites (N-methyl/N-ethyl adjacent to an activating group) is 1. The summed E-state index contributed by atoms with van der Waals surface area (Å²) in [7, 11) is 1.34. The van der Waals surface area contributed by atoms with Crippen LogP contribution in [0.2, 0.25) is 0 Å². The third kappa shape index (κ3) is 5.95. The zero-order valence-electron chi connectivity index (χ0n) is 12.7. The Bertz CT molecular complexity index is 508. The van der Waals surface area contributed by atoms with Gasteiger partial charge in [0.25, 0.3) is 0 Å². The predicted octanol–water partition coefficient (Wildman–Crippen LogP) is -1.10. The number of carbonyl (C=O) groups excluding carboxylic acids is 2. The molecule has 1 rings (SSSR count). The number of nitrogens with zero attached hydrogens (tertiary/aromatic N) is 1. The lowest BCUT2D eigenvalue weighted by atomic mass is 10.0. The van der Waals surface area contributed by atoms with Crippen molar-refractivity contribution in [2.75, 3.05) is 20.2 Å². The molecule has 0 aliphatic heterocycles. The molecule has 0 fully saturated rings. The smallest absolute Gasteiger partial charge is 0.409 e. The average Bonchev–Trinajstić information content (AvgIpc) is 2.58. The van der Waals surface area contributed by atoms with Crippen molar-refractivity contribution in [3.8, 4) is 0 Å². The van der Waals surface area contributed by atoms with Crippen molar-refractivity contribution < 1.29 is 34.8 Å². The third-order valence-electron chi connectivity index (χ3n) is 3.18. The lowest BCUT2D eigenvalue weighted by molar-refractivity contribution is -0.141. The first-order valence-electron chi connectivity index (χ1n) is 6.96. The number of Topliss-reactive ketones (excluding diaryl/α,β-unsaturated/α-hetero) is 1. The highest BCUT2D eigenvalue weighted by molar-refractivity contribution is 5.84. The van der Waals surface area contributed by atoms with E-state index >= 15 is 0 Å². The van der Waals surface area contributed by atoms with Crippen molar-refractivity contribution in [3.63, 3.8) is 0 Å². The molecule has 0 aliphatic rings. The Morgan fingerprint density at radius 3 is 2.35 bits per heavy atom. The number of amides is 1. The minimum atomic E-state index is -1.93. The maximum atomic E-state index is 11.8. The van der Waals surface area contributed by atoms with E-state index in [1.54, 1.807) is 24.3 Å². The first-order chi connectivity index (χ1) is 10.9. The zero-order chi connectivity index (χ0) is 17.4. The lowest BCUT2D eigenvalue weighted by Gasteiger charge is -2.25. The van der Waals surface area contributed by atoms with Crippen LogP contribution in [0.15, 0.2) is 30.3 Å². The molecule has 0 bridgehead atoms. The fourth-order valence-electron chi connectivity index (χ4n) is 1.79. The predicted molar refractivity (Wildman–Crippen MR) is 79.4 cm³/mol. The van der Waals surface area contributed by atoms with Crippen LogP contribution in [0.1, 0.15) is 5.56 Å². The Morgan fingerprint density at radius 2 is 1.78 bits per heavy atom. The van der Waals surface area contributed by atoms with Gasteiger partial charge >= 0.3 is 6.09 Å². The SMILES string of the molecule is CN(C[C@H](O)[C@@H](O)[C@H](O)C(=O)CO)C(=O)OCc1ccccc1. The monoisotopic (exact) mass is 327 g/mol. The number of rotatable bonds is 8. The number of aliphatic hydroxyl groups is 4. The van der Waals surface area contributed by atoms with E-state index in [1.807, 2.05) is 6.07 Å². The Morgan fingerprint density at radius 1 is 1.17 bits per heavy atom. The number of carbonyl (C=O) groups is 2. The van der Waals surface area contributed by atoms with Crippen molar-refractivity contribution >= 4 is 11.9 Å². The van der Waals surface area contributed by atoms with Crippen molar-refractivity contribution in [2.24, 2.45) is 0 Å². The number of aliphatic hydroxyl groups excluding tert-OH is 4. The van der Waals surface area contributed by atoms with Crippen molar-refractivity contribution in [1.82, 2.24) is 4.90 Å². The van der Waals surface area contributed by atoms with Gasteiger partial charge in [-0.25, -0.2) is 4.79 Å². The zero-order valence-corrected chi connectivity index (χ0v) is 12.7. The van der Waals surface area contributed by atoms with Crippen LogP contribution >= 0.6 is 0 Å². The van der Waals surface area contributed by atoms with Crippen molar-refractivity contribution in [1.29, 1.82) is 0 Å². The molecule has 8 nitrogen and oxygen atoms in total. The van der Waals surface area contributed by atoms with E-state index < -0.39 is 36.8 Å². The van der Waals surface area contributed by atoms with E-state index in [0.29, 0.717) is 0 Å². The molecule has 0 spiro atoms. The van der Waals surface area contributed by atoms with Gasteiger partial charge in [0, 0.05) is 7.05 Å². The molecule has 128 valence electrons. The molecule has 0 saturated carbocycles. The molecule has 1 aromatic rings. The normalized spacial score (nSPS) is 14.7. The van der Waals surface area contributed by atoms with E-state index in [2.05, 4.69) is 0 Å². The summed E-state index contributed by atoms with van der Waals surface area (Å²) in [6.07, 6.45) is -6.05. The Hall–Kier alpha value is -2.00. The second kappa shape index (κ2) is 9.21. The van der Waals surface area contributed by atoms with Crippen LogP contribution in [0.5, 0.6) is 0 Å². The van der Waals surface area contributed by atoms with Crippen LogP contribution < -0.4 is 0 Å². The summed E-state index contributed by atoms with van der Waals surface area (Å²) in [5, 5.41) is 37.4. The van der Waals surface area contributed by atoms with Crippen LogP contribution in [-0.2, 0) is 16.1 Å². The molecule has 1 aromatic carbocycles. The number of hydrogen-bond donors (Lipinski definition) is 4. The summed E-state index contributed by atoms with van der Waals surface area (Å²) in [6, 6.07) is 8.98. The summed E-state index contributed by atoms with van der Waals surface area (Å²) in [6.45, 7) is -1.27. The van der Waals surface area contributed by atoms with Gasteiger partial charge in [-0.15, -0.1) is 0 Å². The Kier molecular flexibility index (Phi) is 7.63. The second-order valence-electron chi connectivity index (χ2n) is 5.05. The van der Waals surface area contributed by atoms with E-state index in [1.165, 1.54) is 7.05 Å². The van der Waals surface area contributed by atoms with E-state index in [0.717, 1.165) is 10.5 Å². The quantitative estimate of drug-likeness (QED) is 0.477. The second-order valence-corrected chi connectivity index (χ2v) is 5.05.